The van der Waals surface area contributed by atoms with Gasteiger partial charge in [-0.15, -0.1) is 0 Å². The molecule has 3 rings (SSSR count). The number of benzene rings is 2. The van der Waals surface area contributed by atoms with Gasteiger partial charge in [-0.05, 0) is 131 Å². The van der Waals surface area contributed by atoms with E-state index in [2.05, 4.69) is 168 Å². The fourth-order valence-corrected chi connectivity index (χ4v) is 5.54. The van der Waals surface area contributed by atoms with E-state index >= 15 is 0 Å². The molecule has 2 aromatic rings. The van der Waals surface area contributed by atoms with Gasteiger partial charge in [0.2, 0.25) is 0 Å². The number of ether oxygens (including phenoxy) is 4. The van der Waals surface area contributed by atoms with Crippen LogP contribution in [0.25, 0.3) is 0 Å². The zero-order chi connectivity index (χ0) is 45.7. The van der Waals surface area contributed by atoms with E-state index in [1.807, 2.05) is 66.7 Å². The third kappa shape index (κ3) is 22.1. The van der Waals surface area contributed by atoms with Crippen molar-refractivity contribution >= 4 is 5.91 Å². The van der Waals surface area contributed by atoms with Gasteiger partial charge in [0.05, 0.1) is 44.7 Å². The highest BCUT2D eigenvalue weighted by molar-refractivity contribution is 5.94. The lowest BCUT2D eigenvalue weighted by Gasteiger charge is -2.44. The highest BCUT2D eigenvalue weighted by Gasteiger charge is 2.43. The lowest BCUT2D eigenvalue weighted by Crippen LogP contribution is -2.54. The summed E-state index contributed by atoms with van der Waals surface area (Å²) in [7, 11) is 0. The number of hydrogen-bond acceptors (Lipinski definition) is 6. The van der Waals surface area contributed by atoms with Crippen molar-refractivity contribution in [1.82, 2.24) is 5.32 Å². The highest BCUT2D eigenvalue weighted by Crippen LogP contribution is 2.34. The van der Waals surface area contributed by atoms with Crippen molar-refractivity contribution in [2.75, 3.05) is 13.2 Å². The summed E-state index contributed by atoms with van der Waals surface area (Å²) in [5.74, 6) is 60.0. The average Bonchev–Trinajstić information content (AvgIpc) is 3.31. The third-order valence-electron chi connectivity index (χ3n) is 9.03. The van der Waals surface area contributed by atoms with Gasteiger partial charge in [0.25, 0.3) is 5.91 Å². The molecule has 2 unspecified atom stereocenters. The van der Waals surface area contributed by atoms with E-state index in [1.54, 1.807) is 13.0 Å². The topological polar surface area (TPSA) is 86.3 Å². The number of aliphatic hydroxyl groups is 1. The number of aliphatic hydroxyl groups excluding tert-OH is 1. The fourth-order valence-electron chi connectivity index (χ4n) is 5.54. The van der Waals surface area contributed by atoms with E-state index in [0.29, 0.717) is 19.8 Å². The number of carbonyl (C=O) groups excluding carboxylic acids is 1. The Labute approximate surface area is 416 Å². The first-order valence-corrected chi connectivity index (χ1v) is 20.5. The Morgan fingerprint density at radius 1 is 0.703 bits per heavy atom. The second-order valence-corrected chi connectivity index (χ2v) is 13.6. The Morgan fingerprint density at radius 2 is 1.19 bits per heavy atom. The van der Waals surface area contributed by atoms with Crippen molar-refractivity contribution in [3.05, 3.63) is 83.9 Å². The van der Waals surface area contributed by atoms with Gasteiger partial charge in [0.1, 0.15) is 6.10 Å². The molecule has 1 saturated heterocycles. The van der Waals surface area contributed by atoms with Gasteiger partial charge in [-0.1, -0.05) is 112 Å². The maximum Gasteiger partial charge on any atom is 0.297 e. The van der Waals surface area contributed by atoms with Crippen LogP contribution in [-0.4, -0.2) is 54.9 Å². The first kappa shape index (κ1) is 50.5. The molecule has 364 valence electrons. The van der Waals surface area contributed by atoms with Crippen molar-refractivity contribution in [2.24, 2.45) is 11.8 Å². The van der Waals surface area contributed by atoms with E-state index in [1.165, 1.54) is 0 Å². The molecule has 1 fully saturated rings. The Balaban J connectivity index is -0.0000000907. The van der Waals surface area contributed by atoms with Crippen molar-refractivity contribution in [3.8, 4) is 142 Å². The van der Waals surface area contributed by atoms with Crippen LogP contribution in [0.1, 0.15) is 92.3 Å². The molecule has 1 aliphatic heterocycles. The largest absolute Gasteiger partial charge is 0.387 e. The Kier molecular flexibility index (Phi) is 26.0. The number of rotatable bonds is 16. The SMILES string of the molecule is CC#CC#CC#CC#CC#CC#CC#CC#CC#CC#CC#CC#CC(=O)N[C@@H](CO[C@H]1OC(COCc2ccccc2)[C@H](C)[C@H](C)C1OCc1ccccc1)[C@H](O)/C=C/CCCC.[HH].[HH].[HH].[HH].[HH].[HH].[HH].[HH].[HH].[HH].[HH].[HH].[HH].[HH].[HH].[HH].[HH].[HH].[HH].[HH].[HH].[HH].[HH].[HH]. The smallest absolute Gasteiger partial charge is 0.297 e. The van der Waals surface area contributed by atoms with Crippen LogP contribution in [0.5, 0.6) is 0 Å². The molecule has 7 atom stereocenters. The van der Waals surface area contributed by atoms with E-state index in [0.717, 1.165) is 30.4 Å². The van der Waals surface area contributed by atoms with Crippen LogP contribution in [-0.2, 0) is 37.0 Å². The van der Waals surface area contributed by atoms with Gasteiger partial charge < -0.3 is 29.4 Å². The van der Waals surface area contributed by atoms with Crippen LogP contribution in [0.4, 0.5) is 0 Å². The number of carbonyl (C=O) groups is 1. The summed E-state index contributed by atoms with van der Waals surface area (Å²) < 4.78 is 25.5. The molecule has 2 N–H and O–H groups in total. The molecule has 0 radical (unpaired) electrons. The normalized spacial score (nSPS) is 16.9. The van der Waals surface area contributed by atoms with Crippen LogP contribution < -0.4 is 5.32 Å². The molecule has 7 nitrogen and oxygen atoms in total. The minimum absolute atomic E-state index is 0. The predicted molar refractivity (Wildman–Crippen MR) is 300 cm³/mol. The third-order valence-corrected chi connectivity index (χ3v) is 9.03. The zero-order valence-electron chi connectivity index (χ0n) is 36.4. The van der Waals surface area contributed by atoms with E-state index in [9.17, 15) is 9.90 Å². The van der Waals surface area contributed by atoms with Crippen LogP contribution in [0.2, 0.25) is 0 Å². The zero-order valence-corrected chi connectivity index (χ0v) is 36.4. The molecule has 2 aromatic carbocycles. The van der Waals surface area contributed by atoms with Crippen LogP contribution in [0.15, 0.2) is 72.8 Å². The molecule has 0 spiro atoms. The summed E-state index contributed by atoms with van der Waals surface area (Å²) in [6.45, 7) is 9.08. The van der Waals surface area contributed by atoms with Crippen molar-refractivity contribution in [3.63, 3.8) is 0 Å². The number of nitrogens with one attached hydrogen (secondary N) is 1. The molecular formula is C57H95NO6. The summed E-state index contributed by atoms with van der Waals surface area (Å²) in [6.07, 6.45) is 3.69. The fraction of sp³-hybridized carbons (Fsp3) is 0.316. The van der Waals surface area contributed by atoms with Crippen molar-refractivity contribution in [1.29, 1.82) is 0 Å². The number of amides is 1. The van der Waals surface area contributed by atoms with Gasteiger partial charge in [-0.2, -0.15) is 0 Å². The predicted octanol–water partition coefficient (Wildman–Crippen LogP) is 11.4. The first-order valence-electron chi connectivity index (χ1n) is 20.5. The second kappa shape index (κ2) is 32.9. The van der Waals surface area contributed by atoms with Crippen molar-refractivity contribution in [2.45, 2.75) is 90.8 Å². The molecule has 1 aliphatic rings. The van der Waals surface area contributed by atoms with Crippen LogP contribution in [0.3, 0.4) is 0 Å². The molecule has 1 amide bonds. The summed E-state index contributed by atoms with van der Waals surface area (Å²) >= 11 is 0. The van der Waals surface area contributed by atoms with E-state index in [4.69, 9.17) is 18.9 Å². The number of unbranched alkanes of at least 4 members (excludes halogenated alkanes) is 2. The molecular weight excluding hydrogens is 795 g/mol. The highest BCUT2D eigenvalue weighted by atomic mass is 16.7. The summed E-state index contributed by atoms with van der Waals surface area (Å²) in [4.78, 5) is 13.0. The van der Waals surface area contributed by atoms with Crippen molar-refractivity contribution < 1.29 is 63.1 Å². The standard InChI is InChI=1S/C57H47NO6.24H2/c1-5-7-9-11-12-13-14-15-16-17-18-19-20-21-22-23-24-25-26-27-28-29-37-43-55(60)58-52(53(59)42-36-10-8-6-2)46-63-57-56(62-45-51-40-34-31-35-41-51)49(4)48(3)54(64-57)47-61-44-50-38-32-30-33-39-50;;;;;;;;;;;;;;;;;;;;;;;;/h30-36,38-42,48-49,52-54,56-57,59H,6,8,10,44-47H2,1-4H3,(H,58,60);24*1H/b42-36+;;;;;;;;;;;;;;;;;;;;;;;;/t48-,49+,52+,53-,54?,56?,57+;;;;;;;;;;;;;;;;;;;;;;;;/m1......................../s1. The molecule has 0 aliphatic carbocycles. The van der Waals surface area contributed by atoms with Gasteiger partial charge in [0, 0.05) is 75.7 Å². The quantitative estimate of drug-likeness (QED) is 0.0992. The van der Waals surface area contributed by atoms with Crippen LogP contribution in [0, 0.1) is 154 Å². The van der Waals surface area contributed by atoms with Gasteiger partial charge >= 0.3 is 0 Å². The lowest BCUT2D eigenvalue weighted by atomic mass is 9.83. The lowest BCUT2D eigenvalue weighted by molar-refractivity contribution is -0.291. The monoisotopic (exact) mass is 890 g/mol. The molecule has 0 saturated carbocycles. The first-order chi connectivity index (χ1) is 31.4. The minimum atomic E-state index is -1.07. The molecule has 64 heavy (non-hydrogen) atoms. The van der Waals surface area contributed by atoms with Gasteiger partial charge in [-0.3, -0.25) is 4.79 Å². The Morgan fingerprint density at radius 3 is 1.69 bits per heavy atom. The number of hydrogen-bond donors (Lipinski definition) is 2. The second-order valence-electron chi connectivity index (χ2n) is 13.6. The maximum absolute atomic E-state index is 13.0. The summed E-state index contributed by atoms with van der Waals surface area (Å²) in [6, 6.07) is 19.0. The Bertz CT molecular complexity index is 2740. The van der Waals surface area contributed by atoms with Crippen LogP contribution >= 0.6 is 0 Å². The summed E-state index contributed by atoms with van der Waals surface area (Å²) in [5.41, 5.74) is 2.08. The molecule has 7 heteroatoms. The Hall–Kier alpha value is -7.83. The van der Waals surface area contributed by atoms with E-state index < -0.39 is 30.4 Å². The molecule has 1 heterocycles. The molecule has 0 aromatic heterocycles. The van der Waals surface area contributed by atoms with Gasteiger partial charge in [0.15, 0.2) is 6.29 Å². The minimum Gasteiger partial charge on any atom is -0.387 e. The maximum atomic E-state index is 13.0. The van der Waals surface area contributed by atoms with Gasteiger partial charge in [-0.25, -0.2) is 0 Å². The van der Waals surface area contributed by atoms with E-state index in [-0.39, 0.29) is 58.8 Å². The molecule has 0 bridgehead atoms. The average molecular weight is 890 g/mol. The summed E-state index contributed by atoms with van der Waals surface area (Å²) in [5, 5.41) is 14.0. The number of allylic oxidation sites excluding steroid dienone is 1.